The SMILES string of the molecule is Cc1ccc(C(=O)N2CCCC(N3CCCC3=O)CC2)cc1O. The van der Waals surface area contributed by atoms with Crippen LogP contribution in [0.3, 0.4) is 0 Å². The standard InChI is InChI=1S/C18H24N2O3/c1-13-6-7-14(12-16(13)21)18(23)19-9-2-4-15(8-11-19)20-10-3-5-17(20)22/h6-7,12,15,21H,2-5,8-11H2,1H3. The van der Waals surface area contributed by atoms with E-state index in [1.807, 2.05) is 16.7 Å². The summed E-state index contributed by atoms with van der Waals surface area (Å²) in [5.74, 6) is 0.387. The number of aromatic hydroxyl groups is 1. The highest BCUT2D eigenvalue weighted by Gasteiger charge is 2.30. The van der Waals surface area contributed by atoms with Gasteiger partial charge in [0.1, 0.15) is 5.75 Å². The van der Waals surface area contributed by atoms with Crippen LogP contribution >= 0.6 is 0 Å². The lowest BCUT2D eigenvalue weighted by Gasteiger charge is -2.27. The molecule has 2 amide bonds. The Morgan fingerprint density at radius 2 is 2.00 bits per heavy atom. The van der Waals surface area contributed by atoms with E-state index < -0.39 is 0 Å². The molecule has 124 valence electrons. The summed E-state index contributed by atoms with van der Waals surface area (Å²) in [6.45, 7) is 4.06. The molecule has 1 N–H and O–H groups in total. The molecule has 23 heavy (non-hydrogen) atoms. The van der Waals surface area contributed by atoms with E-state index in [9.17, 15) is 14.7 Å². The van der Waals surface area contributed by atoms with Crippen molar-refractivity contribution >= 4 is 11.8 Å². The van der Waals surface area contributed by atoms with E-state index in [0.29, 0.717) is 25.1 Å². The van der Waals surface area contributed by atoms with Crippen LogP contribution in [0.15, 0.2) is 18.2 Å². The van der Waals surface area contributed by atoms with Gasteiger partial charge in [-0.25, -0.2) is 0 Å². The van der Waals surface area contributed by atoms with Crippen molar-refractivity contribution in [1.29, 1.82) is 0 Å². The largest absolute Gasteiger partial charge is 0.508 e. The first-order valence-electron chi connectivity index (χ1n) is 8.44. The van der Waals surface area contributed by atoms with Gasteiger partial charge in [0.15, 0.2) is 0 Å². The van der Waals surface area contributed by atoms with Crippen molar-refractivity contribution in [2.45, 2.75) is 45.1 Å². The second kappa shape index (κ2) is 6.60. The number of benzene rings is 1. The van der Waals surface area contributed by atoms with E-state index in [0.717, 1.165) is 37.8 Å². The highest BCUT2D eigenvalue weighted by atomic mass is 16.3. The number of nitrogens with zero attached hydrogens (tertiary/aromatic N) is 2. The Morgan fingerprint density at radius 1 is 1.17 bits per heavy atom. The van der Waals surface area contributed by atoms with Crippen LogP contribution in [-0.4, -0.2) is 52.4 Å². The maximum absolute atomic E-state index is 12.6. The van der Waals surface area contributed by atoms with E-state index in [-0.39, 0.29) is 23.6 Å². The zero-order chi connectivity index (χ0) is 16.4. The number of hydrogen-bond donors (Lipinski definition) is 1. The Hall–Kier alpha value is -2.04. The van der Waals surface area contributed by atoms with Crippen LogP contribution < -0.4 is 0 Å². The number of phenols is 1. The predicted molar refractivity (Wildman–Crippen MR) is 87.3 cm³/mol. The fourth-order valence-corrected chi connectivity index (χ4v) is 3.57. The molecule has 0 aliphatic carbocycles. The van der Waals surface area contributed by atoms with Gasteiger partial charge in [-0.2, -0.15) is 0 Å². The topological polar surface area (TPSA) is 60.9 Å². The van der Waals surface area contributed by atoms with Gasteiger partial charge < -0.3 is 14.9 Å². The third-order valence-corrected chi connectivity index (χ3v) is 4.99. The quantitative estimate of drug-likeness (QED) is 0.911. The summed E-state index contributed by atoms with van der Waals surface area (Å²) < 4.78 is 0. The minimum Gasteiger partial charge on any atom is -0.508 e. The zero-order valence-corrected chi connectivity index (χ0v) is 13.6. The van der Waals surface area contributed by atoms with Gasteiger partial charge in [-0.15, -0.1) is 0 Å². The number of hydrogen-bond acceptors (Lipinski definition) is 3. The molecule has 1 atom stereocenters. The van der Waals surface area contributed by atoms with Crippen LogP contribution in [0.5, 0.6) is 5.75 Å². The predicted octanol–water partition coefficient (Wildman–Crippen LogP) is 2.32. The molecular formula is C18H24N2O3. The Kier molecular flexibility index (Phi) is 4.55. The second-order valence-corrected chi connectivity index (χ2v) is 6.57. The van der Waals surface area contributed by atoms with Crippen LogP contribution in [0.1, 0.15) is 48.0 Å². The van der Waals surface area contributed by atoms with E-state index in [1.54, 1.807) is 18.2 Å². The van der Waals surface area contributed by atoms with Crippen molar-refractivity contribution in [3.05, 3.63) is 29.3 Å². The summed E-state index contributed by atoms with van der Waals surface area (Å²) in [6, 6.07) is 5.36. The highest BCUT2D eigenvalue weighted by molar-refractivity contribution is 5.94. The number of aryl methyl sites for hydroxylation is 1. The summed E-state index contributed by atoms with van der Waals surface area (Å²) in [5, 5.41) is 9.80. The number of amides is 2. The number of likely N-dealkylation sites (tertiary alicyclic amines) is 2. The molecule has 2 heterocycles. The van der Waals surface area contributed by atoms with E-state index in [2.05, 4.69) is 0 Å². The summed E-state index contributed by atoms with van der Waals surface area (Å²) in [7, 11) is 0. The molecule has 2 aliphatic heterocycles. The van der Waals surface area contributed by atoms with Crippen molar-refractivity contribution < 1.29 is 14.7 Å². The molecule has 5 nitrogen and oxygen atoms in total. The van der Waals surface area contributed by atoms with Crippen molar-refractivity contribution in [1.82, 2.24) is 9.80 Å². The number of rotatable bonds is 2. The van der Waals surface area contributed by atoms with E-state index in [4.69, 9.17) is 0 Å². The molecule has 0 bridgehead atoms. The summed E-state index contributed by atoms with van der Waals surface area (Å²) in [5.41, 5.74) is 1.30. The maximum Gasteiger partial charge on any atom is 0.253 e. The molecule has 0 spiro atoms. The lowest BCUT2D eigenvalue weighted by molar-refractivity contribution is -0.129. The Labute approximate surface area is 136 Å². The minimum atomic E-state index is -0.0336. The first kappa shape index (κ1) is 15.8. The number of phenolic OH excluding ortho intramolecular Hbond substituents is 1. The third kappa shape index (κ3) is 3.33. The van der Waals surface area contributed by atoms with Crippen molar-refractivity contribution in [2.24, 2.45) is 0 Å². The van der Waals surface area contributed by atoms with Gasteiger partial charge in [0.2, 0.25) is 5.91 Å². The smallest absolute Gasteiger partial charge is 0.253 e. The van der Waals surface area contributed by atoms with E-state index >= 15 is 0 Å². The lowest BCUT2D eigenvalue weighted by Crippen LogP contribution is -2.37. The van der Waals surface area contributed by atoms with Gasteiger partial charge in [0.25, 0.3) is 5.91 Å². The molecule has 0 radical (unpaired) electrons. The monoisotopic (exact) mass is 316 g/mol. The molecule has 2 fully saturated rings. The minimum absolute atomic E-state index is 0.0336. The molecule has 5 heteroatoms. The van der Waals surface area contributed by atoms with E-state index in [1.165, 1.54) is 0 Å². The number of carbonyl (C=O) groups excluding carboxylic acids is 2. The van der Waals surface area contributed by atoms with Crippen LogP contribution in [0.2, 0.25) is 0 Å². The molecule has 1 unspecified atom stereocenters. The first-order valence-corrected chi connectivity index (χ1v) is 8.44. The highest BCUT2D eigenvalue weighted by Crippen LogP contribution is 2.24. The average Bonchev–Trinajstić information content (AvgIpc) is 2.82. The molecule has 0 saturated carbocycles. The molecule has 3 rings (SSSR count). The van der Waals surface area contributed by atoms with Gasteiger partial charge >= 0.3 is 0 Å². The lowest BCUT2D eigenvalue weighted by atomic mass is 10.1. The summed E-state index contributed by atoms with van der Waals surface area (Å²) >= 11 is 0. The molecule has 1 aromatic carbocycles. The van der Waals surface area contributed by atoms with Gasteiger partial charge in [-0.3, -0.25) is 9.59 Å². The number of carbonyl (C=O) groups is 2. The van der Waals surface area contributed by atoms with Crippen molar-refractivity contribution in [2.75, 3.05) is 19.6 Å². The third-order valence-electron chi connectivity index (χ3n) is 4.99. The van der Waals surface area contributed by atoms with Gasteiger partial charge in [-0.1, -0.05) is 6.07 Å². The molecule has 1 aromatic rings. The average molecular weight is 316 g/mol. The fourth-order valence-electron chi connectivity index (χ4n) is 3.57. The first-order chi connectivity index (χ1) is 11.1. The zero-order valence-electron chi connectivity index (χ0n) is 13.6. The summed E-state index contributed by atoms with van der Waals surface area (Å²) in [4.78, 5) is 28.4. The Morgan fingerprint density at radius 3 is 2.70 bits per heavy atom. The van der Waals surface area contributed by atoms with Crippen molar-refractivity contribution in [3.63, 3.8) is 0 Å². The van der Waals surface area contributed by atoms with Crippen LogP contribution in [0.4, 0.5) is 0 Å². The Balaban J connectivity index is 1.66. The molecular weight excluding hydrogens is 292 g/mol. The van der Waals surface area contributed by atoms with Crippen LogP contribution in [-0.2, 0) is 4.79 Å². The molecule has 2 saturated heterocycles. The molecule has 0 aromatic heterocycles. The summed E-state index contributed by atoms with van der Waals surface area (Å²) in [6.07, 6.45) is 4.35. The molecule has 2 aliphatic rings. The van der Waals surface area contributed by atoms with Crippen LogP contribution in [0, 0.1) is 6.92 Å². The maximum atomic E-state index is 12.6. The fraction of sp³-hybridized carbons (Fsp3) is 0.556. The van der Waals surface area contributed by atoms with Gasteiger partial charge in [0.05, 0.1) is 0 Å². The van der Waals surface area contributed by atoms with Gasteiger partial charge in [-0.05, 0) is 50.3 Å². The van der Waals surface area contributed by atoms with Crippen molar-refractivity contribution in [3.8, 4) is 5.75 Å². The Bertz CT molecular complexity index is 614. The van der Waals surface area contributed by atoms with Crippen LogP contribution in [0.25, 0.3) is 0 Å². The normalized spacial score (nSPS) is 22.3. The van der Waals surface area contributed by atoms with Gasteiger partial charge in [0, 0.05) is 37.7 Å². The second-order valence-electron chi connectivity index (χ2n) is 6.57.